The fourth-order valence-electron chi connectivity index (χ4n) is 2.76. The number of hydrogen-bond acceptors (Lipinski definition) is 3. The van der Waals surface area contributed by atoms with Crippen LogP contribution in [0.1, 0.15) is 40.5 Å². The molecule has 1 saturated heterocycles. The fourth-order valence-corrected chi connectivity index (χ4v) is 2.76. The van der Waals surface area contributed by atoms with Crippen molar-refractivity contribution in [2.75, 3.05) is 19.7 Å². The summed E-state index contributed by atoms with van der Waals surface area (Å²) >= 11 is 0. The van der Waals surface area contributed by atoms with Gasteiger partial charge in [0.1, 0.15) is 0 Å². The fraction of sp³-hybridized carbons (Fsp3) is 0.857. The minimum Gasteiger partial charge on any atom is -0.481 e. The van der Waals surface area contributed by atoms with Crippen LogP contribution < -0.4 is 0 Å². The van der Waals surface area contributed by atoms with Crippen LogP contribution in [0.15, 0.2) is 0 Å². The van der Waals surface area contributed by atoms with E-state index in [1.54, 1.807) is 4.90 Å². The van der Waals surface area contributed by atoms with E-state index >= 15 is 0 Å². The van der Waals surface area contributed by atoms with Crippen molar-refractivity contribution in [3.63, 3.8) is 0 Å². The Hall–Kier alpha value is -1.10. The van der Waals surface area contributed by atoms with Crippen molar-refractivity contribution < 1.29 is 19.4 Å². The van der Waals surface area contributed by atoms with Gasteiger partial charge in [0, 0.05) is 18.5 Å². The van der Waals surface area contributed by atoms with Crippen LogP contribution in [-0.4, -0.2) is 47.7 Å². The Morgan fingerprint density at radius 2 is 2.05 bits per heavy atom. The van der Waals surface area contributed by atoms with Crippen LogP contribution >= 0.6 is 0 Å². The SMILES string of the molecule is CC(C)CC(C)(C)C(=O)N1CCOC(CC(=O)O)C1. The van der Waals surface area contributed by atoms with Crippen LogP contribution in [0.2, 0.25) is 0 Å². The zero-order valence-electron chi connectivity index (χ0n) is 12.3. The second kappa shape index (κ2) is 6.37. The maximum atomic E-state index is 12.5. The van der Waals surface area contributed by atoms with E-state index in [2.05, 4.69) is 13.8 Å². The molecule has 0 aromatic rings. The summed E-state index contributed by atoms with van der Waals surface area (Å²) in [4.78, 5) is 25.0. The minimum atomic E-state index is -0.888. The summed E-state index contributed by atoms with van der Waals surface area (Å²) in [5.41, 5.74) is -0.403. The van der Waals surface area contributed by atoms with Gasteiger partial charge in [-0.3, -0.25) is 9.59 Å². The summed E-state index contributed by atoms with van der Waals surface area (Å²) in [5, 5.41) is 8.79. The van der Waals surface area contributed by atoms with Gasteiger partial charge in [-0.25, -0.2) is 0 Å². The van der Waals surface area contributed by atoms with Crippen molar-refractivity contribution in [2.24, 2.45) is 11.3 Å². The molecule has 19 heavy (non-hydrogen) atoms. The molecule has 0 aliphatic carbocycles. The maximum Gasteiger partial charge on any atom is 0.306 e. The molecule has 0 aromatic carbocycles. The Balaban J connectivity index is 2.63. The van der Waals surface area contributed by atoms with Crippen molar-refractivity contribution in [1.82, 2.24) is 4.90 Å². The molecule has 0 saturated carbocycles. The Morgan fingerprint density at radius 3 is 2.58 bits per heavy atom. The highest BCUT2D eigenvalue weighted by atomic mass is 16.5. The highest BCUT2D eigenvalue weighted by Crippen LogP contribution is 2.28. The molecule has 1 fully saturated rings. The largest absolute Gasteiger partial charge is 0.481 e. The average molecular weight is 271 g/mol. The number of hydrogen-bond donors (Lipinski definition) is 1. The zero-order chi connectivity index (χ0) is 14.6. The molecule has 5 nitrogen and oxygen atoms in total. The van der Waals surface area contributed by atoms with Gasteiger partial charge in [0.15, 0.2) is 0 Å². The summed E-state index contributed by atoms with van der Waals surface area (Å²) < 4.78 is 5.39. The lowest BCUT2D eigenvalue weighted by Crippen LogP contribution is -2.50. The van der Waals surface area contributed by atoms with Crippen molar-refractivity contribution in [2.45, 2.75) is 46.6 Å². The Kier molecular flexibility index (Phi) is 5.35. The zero-order valence-corrected chi connectivity index (χ0v) is 12.3. The van der Waals surface area contributed by atoms with Crippen molar-refractivity contribution in [3.05, 3.63) is 0 Å². The van der Waals surface area contributed by atoms with E-state index in [9.17, 15) is 9.59 Å². The van der Waals surface area contributed by atoms with Crippen molar-refractivity contribution >= 4 is 11.9 Å². The van der Waals surface area contributed by atoms with Gasteiger partial charge in [-0.05, 0) is 12.3 Å². The van der Waals surface area contributed by atoms with E-state index in [0.29, 0.717) is 25.6 Å². The number of nitrogens with zero attached hydrogens (tertiary/aromatic N) is 1. The Bertz CT molecular complexity index is 338. The predicted molar refractivity (Wildman–Crippen MR) is 71.8 cm³/mol. The smallest absolute Gasteiger partial charge is 0.306 e. The molecule has 0 radical (unpaired) electrons. The predicted octanol–water partition coefficient (Wildman–Crippen LogP) is 1.76. The first kappa shape index (κ1) is 16.0. The van der Waals surface area contributed by atoms with Gasteiger partial charge in [0.2, 0.25) is 5.91 Å². The summed E-state index contributed by atoms with van der Waals surface area (Å²) in [6.45, 7) is 9.46. The number of carboxylic acids is 1. The number of carboxylic acid groups (broad SMARTS) is 1. The van der Waals surface area contributed by atoms with Gasteiger partial charge in [0.05, 0.1) is 19.1 Å². The molecule has 1 rings (SSSR count). The van der Waals surface area contributed by atoms with E-state index in [4.69, 9.17) is 9.84 Å². The van der Waals surface area contributed by atoms with Crippen LogP contribution in [-0.2, 0) is 14.3 Å². The number of carbonyl (C=O) groups excluding carboxylic acids is 1. The number of morpholine rings is 1. The molecule has 1 atom stereocenters. The summed E-state index contributed by atoms with van der Waals surface area (Å²) in [7, 11) is 0. The third-order valence-electron chi connectivity index (χ3n) is 3.33. The monoisotopic (exact) mass is 271 g/mol. The molecule has 0 bridgehead atoms. The van der Waals surface area contributed by atoms with Gasteiger partial charge in [-0.15, -0.1) is 0 Å². The highest BCUT2D eigenvalue weighted by molar-refractivity contribution is 5.82. The first-order valence-electron chi connectivity index (χ1n) is 6.85. The van der Waals surface area contributed by atoms with Gasteiger partial charge in [0.25, 0.3) is 0 Å². The third-order valence-corrected chi connectivity index (χ3v) is 3.33. The number of ether oxygens (including phenoxy) is 1. The molecular formula is C14H25NO4. The van der Waals surface area contributed by atoms with Crippen LogP contribution in [0.4, 0.5) is 0 Å². The van der Waals surface area contributed by atoms with Crippen molar-refractivity contribution in [1.29, 1.82) is 0 Å². The Morgan fingerprint density at radius 1 is 1.42 bits per heavy atom. The lowest BCUT2D eigenvalue weighted by atomic mass is 9.82. The molecule has 1 heterocycles. The van der Waals surface area contributed by atoms with E-state index in [1.165, 1.54) is 0 Å². The van der Waals surface area contributed by atoms with Gasteiger partial charge >= 0.3 is 5.97 Å². The van der Waals surface area contributed by atoms with Crippen molar-refractivity contribution in [3.8, 4) is 0 Å². The second-order valence-corrected chi connectivity index (χ2v) is 6.32. The average Bonchev–Trinajstić information content (AvgIpc) is 2.25. The van der Waals surface area contributed by atoms with Crippen LogP contribution in [0.25, 0.3) is 0 Å². The van der Waals surface area contributed by atoms with Gasteiger partial charge in [-0.1, -0.05) is 27.7 Å². The molecule has 1 amide bonds. The van der Waals surface area contributed by atoms with Crippen LogP contribution in [0, 0.1) is 11.3 Å². The third kappa shape index (κ3) is 4.82. The molecule has 1 aliphatic heterocycles. The molecule has 1 N–H and O–H groups in total. The summed E-state index contributed by atoms with van der Waals surface area (Å²) in [6, 6.07) is 0. The molecule has 110 valence electrons. The molecule has 5 heteroatoms. The topological polar surface area (TPSA) is 66.8 Å². The molecule has 1 unspecified atom stereocenters. The highest BCUT2D eigenvalue weighted by Gasteiger charge is 2.35. The van der Waals surface area contributed by atoms with E-state index in [0.717, 1.165) is 6.42 Å². The quantitative estimate of drug-likeness (QED) is 0.827. The number of carbonyl (C=O) groups is 2. The second-order valence-electron chi connectivity index (χ2n) is 6.32. The minimum absolute atomic E-state index is 0.0472. The maximum absolute atomic E-state index is 12.5. The number of rotatable bonds is 5. The van der Waals surface area contributed by atoms with Gasteiger partial charge < -0.3 is 14.7 Å². The molecular weight excluding hydrogens is 246 g/mol. The lowest BCUT2D eigenvalue weighted by Gasteiger charge is -2.37. The van der Waals surface area contributed by atoms with Crippen LogP contribution in [0.5, 0.6) is 0 Å². The first-order chi connectivity index (χ1) is 8.72. The van der Waals surface area contributed by atoms with Gasteiger partial charge in [-0.2, -0.15) is 0 Å². The first-order valence-corrected chi connectivity index (χ1v) is 6.85. The molecule has 1 aliphatic rings. The number of aliphatic carboxylic acids is 1. The van der Waals surface area contributed by atoms with E-state index in [1.807, 2.05) is 13.8 Å². The Labute approximate surface area is 114 Å². The standard InChI is InChI=1S/C14H25NO4/c1-10(2)8-14(3,4)13(18)15-5-6-19-11(9-15)7-12(16)17/h10-11H,5-9H2,1-4H3,(H,16,17). The number of amides is 1. The molecule has 0 spiro atoms. The normalized spacial score (nSPS) is 20.7. The summed E-state index contributed by atoms with van der Waals surface area (Å²) in [6.07, 6.45) is 0.395. The van der Waals surface area contributed by atoms with Crippen LogP contribution in [0.3, 0.4) is 0 Å². The molecule has 0 aromatic heterocycles. The van der Waals surface area contributed by atoms with E-state index < -0.39 is 11.4 Å². The van der Waals surface area contributed by atoms with E-state index in [-0.39, 0.29) is 18.4 Å². The lowest BCUT2D eigenvalue weighted by molar-refractivity contribution is -0.153. The summed E-state index contributed by atoms with van der Waals surface area (Å²) in [5.74, 6) is -0.338.